The fraction of sp³-hybridized carbons (Fsp3) is 0.300. The average Bonchev–Trinajstić information content (AvgIpc) is 2.92. The first-order valence-corrected chi connectivity index (χ1v) is 9.03. The Balaban J connectivity index is 1.58. The summed E-state index contributed by atoms with van der Waals surface area (Å²) in [5.41, 5.74) is 1.17. The van der Waals surface area contributed by atoms with Crippen molar-refractivity contribution in [3.05, 3.63) is 58.6 Å². The fourth-order valence-corrected chi connectivity index (χ4v) is 2.94. The second-order valence-corrected chi connectivity index (χ2v) is 6.52. The third kappa shape index (κ3) is 4.92. The fourth-order valence-electron chi connectivity index (χ4n) is 2.67. The number of hydrogen-bond acceptors (Lipinski definition) is 5. The van der Waals surface area contributed by atoms with Gasteiger partial charge in [0, 0.05) is 6.42 Å². The molecular weight excluding hydrogens is 370 g/mol. The lowest BCUT2D eigenvalue weighted by Crippen LogP contribution is -2.31. The largest absolute Gasteiger partial charge is 0.489 e. The van der Waals surface area contributed by atoms with Crippen molar-refractivity contribution in [2.24, 2.45) is 0 Å². The van der Waals surface area contributed by atoms with E-state index in [4.69, 9.17) is 25.8 Å². The highest BCUT2D eigenvalue weighted by Gasteiger charge is 2.20. The third-order valence-corrected chi connectivity index (χ3v) is 4.33. The van der Waals surface area contributed by atoms with Crippen molar-refractivity contribution in [2.45, 2.75) is 19.4 Å². The van der Waals surface area contributed by atoms with E-state index in [-0.39, 0.29) is 29.1 Å². The molecule has 2 aromatic carbocycles. The Kier molecular flexibility index (Phi) is 6.19. The molecule has 7 heteroatoms. The van der Waals surface area contributed by atoms with Gasteiger partial charge < -0.3 is 19.5 Å². The van der Waals surface area contributed by atoms with Crippen LogP contribution in [0, 0.1) is 0 Å². The second-order valence-electron chi connectivity index (χ2n) is 6.11. The number of rotatable bonds is 5. The minimum absolute atomic E-state index is 0.190. The Labute approximate surface area is 162 Å². The number of amides is 1. The van der Waals surface area contributed by atoms with Gasteiger partial charge in [-0.15, -0.1) is 0 Å². The molecule has 1 heterocycles. The van der Waals surface area contributed by atoms with Crippen LogP contribution in [0.4, 0.5) is 0 Å². The van der Waals surface area contributed by atoms with Gasteiger partial charge in [-0.05, 0) is 24.6 Å². The summed E-state index contributed by atoms with van der Waals surface area (Å²) in [7, 11) is 0. The highest BCUT2D eigenvalue weighted by Crippen LogP contribution is 2.38. The molecule has 0 saturated heterocycles. The van der Waals surface area contributed by atoms with Gasteiger partial charge in [-0.2, -0.15) is 0 Å². The minimum Gasteiger partial charge on any atom is -0.489 e. The first-order valence-electron chi connectivity index (χ1n) is 8.65. The van der Waals surface area contributed by atoms with E-state index < -0.39 is 5.97 Å². The number of ether oxygens (including phenoxy) is 3. The molecule has 6 nitrogen and oxygen atoms in total. The summed E-state index contributed by atoms with van der Waals surface area (Å²) in [6, 6.07) is 12.3. The van der Waals surface area contributed by atoms with Crippen molar-refractivity contribution >= 4 is 23.5 Å². The van der Waals surface area contributed by atoms with Crippen LogP contribution in [0.3, 0.4) is 0 Å². The van der Waals surface area contributed by atoms with Crippen LogP contribution in [0.15, 0.2) is 42.5 Å². The third-order valence-electron chi connectivity index (χ3n) is 4.05. The van der Waals surface area contributed by atoms with Crippen LogP contribution in [0.5, 0.6) is 11.5 Å². The monoisotopic (exact) mass is 389 g/mol. The zero-order valence-electron chi connectivity index (χ0n) is 14.9. The van der Waals surface area contributed by atoms with Gasteiger partial charge in [0.2, 0.25) is 0 Å². The summed E-state index contributed by atoms with van der Waals surface area (Å²) in [4.78, 5) is 24.3. The molecule has 0 spiro atoms. The van der Waals surface area contributed by atoms with Crippen molar-refractivity contribution in [1.82, 2.24) is 5.32 Å². The minimum atomic E-state index is -0.657. The van der Waals surface area contributed by atoms with E-state index in [9.17, 15) is 9.59 Å². The first-order chi connectivity index (χ1) is 13.0. The summed E-state index contributed by atoms with van der Waals surface area (Å²) in [6.45, 7) is 2.44. The van der Waals surface area contributed by atoms with Gasteiger partial charge in [0.1, 0.15) is 0 Å². The Morgan fingerprint density at radius 2 is 1.93 bits per heavy atom. The zero-order valence-corrected chi connectivity index (χ0v) is 15.6. The normalized spacial score (nSPS) is 14.0. The lowest BCUT2D eigenvalue weighted by Gasteiger charge is -2.14. The number of hydrogen-bond donors (Lipinski definition) is 1. The summed E-state index contributed by atoms with van der Waals surface area (Å²) >= 11 is 6.17. The van der Waals surface area contributed by atoms with Crippen LogP contribution >= 0.6 is 11.6 Å². The number of nitrogens with one attached hydrogen (secondary N) is 1. The predicted octanol–water partition coefficient (Wildman–Crippen LogP) is 3.54. The molecular formula is C20H20ClNO5. The second kappa shape index (κ2) is 8.77. The van der Waals surface area contributed by atoms with Gasteiger partial charge in [0.25, 0.3) is 5.91 Å². The number of carbonyl (C=O) groups excluding carboxylic acids is 2. The Morgan fingerprint density at radius 1 is 1.19 bits per heavy atom. The van der Waals surface area contributed by atoms with Gasteiger partial charge >= 0.3 is 5.97 Å². The number of esters is 1. The SMILES string of the molecule is C[C@H](NC(=O)COC(=O)c1cc(Cl)c2c(c1)OCCCO2)c1ccccc1. The topological polar surface area (TPSA) is 73.9 Å². The Hall–Kier alpha value is -2.73. The summed E-state index contributed by atoms with van der Waals surface area (Å²) in [5.74, 6) is -0.232. The number of fused-ring (bicyclic) bond motifs is 1. The van der Waals surface area contributed by atoms with Gasteiger partial charge in [0.05, 0.1) is 29.8 Å². The van der Waals surface area contributed by atoms with Crippen molar-refractivity contribution in [3.8, 4) is 11.5 Å². The smallest absolute Gasteiger partial charge is 0.338 e. The van der Waals surface area contributed by atoms with E-state index in [1.807, 2.05) is 37.3 Å². The average molecular weight is 390 g/mol. The van der Waals surface area contributed by atoms with Crippen LogP contribution in [0.1, 0.15) is 35.3 Å². The standard InChI is InChI=1S/C20H20ClNO5/c1-13(14-6-3-2-4-7-14)22-18(23)12-27-20(24)15-10-16(21)19-17(11-15)25-8-5-9-26-19/h2-4,6-7,10-11,13H,5,8-9,12H2,1H3,(H,22,23)/t13-/m0/s1. The molecule has 0 radical (unpaired) electrons. The maximum Gasteiger partial charge on any atom is 0.338 e. The highest BCUT2D eigenvalue weighted by atomic mass is 35.5. The maximum atomic E-state index is 12.3. The van der Waals surface area contributed by atoms with E-state index in [2.05, 4.69) is 5.32 Å². The summed E-state index contributed by atoms with van der Waals surface area (Å²) < 4.78 is 16.2. The highest BCUT2D eigenvalue weighted by molar-refractivity contribution is 6.32. The maximum absolute atomic E-state index is 12.3. The first kappa shape index (κ1) is 19.0. The molecule has 27 heavy (non-hydrogen) atoms. The Morgan fingerprint density at radius 3 is 2.70 bits per heavy atom. The van der Waals surface area contributed by atoms with Crippen molar-refractivity contribution in [1.29, 1.82) is 0 Å². The van der Waals surface area contributed by atoms with Crippen LogP contribution in [-0.2, 0) is 9.53 Å². The molecule has 0 fully saturated rings. The predicted molar refractivity (Wildman–Crippen MR) is 100 cm³/mol. The number of benzene rings is 2. The van der Waals surface area contributed by atoms with E-state index in [0.29, 0.717) is 24.7 Å². The summed E-state index contributed by atoms with van der Waals surface area (Å²) in [6.07, 6.45) is 0.727. The molecule has 0 aliphatic carbocycles. The molecule has 0 unspecified atom stereocenters. The molecule has 3 rings (SSSR count). The molecule has 1 aliphatic rings. The van der Waals surface area contributed by atoms with Crippen molar-refractivity contribution in [2.75, 3.05) is 19.8 Å². The van der Waals surface area contributed by atoms with E-state index >= 15 is 0 Å². The molecule has 1 aliphatic heterocycles. The van der Waals surface area contributed by atoms with Gasteiger partial charge in [0.15, 0.2) is 18.1 Å². The summed E-state index contributed by atoms with van der Waals surface area (Å²) in [5, 5.41) is 3.05. The quantitative estimate of drug-likeness (QED) is 0.792. The van der Waals surface area contributed by atoms with Crippen molar-refractivity contribution in [3.63, 3.8) is 0 Å². The van der Waals surface area contributed by atoms with E-state index in [1.54, 1.807) is 0 Å². The van der Waals surface area contributed by atoms with Crippen molar-refractivity contribution < 1.29 is 23.8 Å². The van der Waals surface area contributed by atoms with Crippen LogP contribution in [-0.4, -0.2) is 31.7 Å². The molecule has 1 atom stereocenters. The van der Waals surface area contributed by atoms with Crippen LogP contribution in [0.25, 0.3) is 0 Å². The lowest BCUT2D eigenvalue weighted by molar-refractivity contribution is -0.124. The number of carbonyl (C=O) groups is 2. The molecule has 0 saturated carbocycles. The van der Waals surface area contributed by atoms with Crippen LogP contribution in [0.2, 0.25) is 5.02 Å². The molecule has 142 valence electrons. The van der Waals surface area contributed by atoms with Gasteiger partial charge in [-0.25, -0.2) is 4.79 Å². The molecule has 0 aromatic heterocycles. The molecule has 1 amide bonds. The molecule has 0 bridgehead atoms. The van der Waals surface area contributed by atoms with Crippen LogP contribution < -0.4 is 14.8 Å². The van der Waals surface area contributed by atoms with E-state index in [1.165, 1.54) is 12.1 Å². The van der Waals surface area contributed by atoms with E-state index in [0.717, 1.165) is 12.0 Å². The molecule has 2 aromatic rings. The lowest BCUT2D eigenvalue weighted by atomic mass is 10.1. The van der Waals surface area contributed by atoms with Gasteiger partial charge in [-0.1, -0.05) is 41.9 Å². The zero-order chi connectivity index (χ0) is 19.2. The Bertz CT molecular complexity index is 825. The number of halogens is 1. The van der Waals surface area contributed by atoms with Gasteiger partial charge in [-0.3, -0.25) is 4.79 Å². The molecule has 1 N–H and O–H groups in total.